The topological polar surface area (TPSA) is 26.3 Å². The van der Waals surface area contributed by atoms with Crippen molar-refractivity contribution in [2.75, 3.05) is 7.11 Å². The molecule has 1 rings (SSSR count). The molecule has 2 nitrogen and oxygen atoms in total. The number of hydrogen-bond acceptors (Lipinski definition) is 2. The predicted octanol–water partition coefficient (Wildman–Crippen LogP) is 3.17. The summed E-state index contributed by atoms with van der Waals surface area (Å²) in [7, 11) is 1.11. The average molecular weight is 285 g/mol. The van der Waals surface area contributed by atoms with Gasteiger partial charge in [0, 0.05) is 0 Å². The molecule has 0 aromatic heterocycles. The largest absolute Gasteiger partial charge is 0.468 e. The second-order valence-corrected chi connectivity index (χ2v) is 4.03. The van der Waals surface area contributed by atoms with Crippen molar-refractivity contribution in [2.24, 2.45) is 0 Å². The van der Waals surface area contributed by atoms with E-state index >= 15 is 0 Å². The van der Waals surface area contributed by atoms with Crippen molar-refractivity contribution in [1.29, 1.82) is 0 Å². The zero-order valence-electron chi connectivity index (χ0n) is 9.22. The molecule has 7 heteroatoms. The predicted molar refractivity (Wildman–Crippen MR) is 56.8 cm³/mol. The Morgan fingerprint density at radius 1 is 1.44 bits per heavy atom. The monoisotopic (exact) mass is 284 g/mol. The molecule has 0 aliphatic rings. The van der Waals surface area contributed by atoms with Crippen molar-refractivity contribution in [1.82, 2.24) is 0 Å². The van der Waals surface area contributed by atoms with Gasteiger partial charge in [-0.3, -0.25) is 4.79 Å². The summed E-state index contributed by atoms with van der Waals surface area (Å²) < 4.78 is 54.6. The number of carbonyl (C=O) groups is 1. The second-order valence-electron chi connectivity index (χ2n) is 3.51. The zero-order valence-corrected chi connectivity index (χ0v) is 9.98. The van der Waals surface area contributed by atoms with Crippen LogP contribution in [0.15, 0.2) is 18.2 Å². The summed E-state index contributed by atoms with van der Waals surface area (Å²) in [6, 6.07) is 2.47. The van der Waals surface area contributed by atoms with Gasteiger partial charge < -0.3 is 4.74 Å². The third-order valence-electron chi connectivity index (χ3n) is 2.21. The fourth-order valence-corrected chi connectivity index (χ4v) is 1.60. The van der Waals surface area contributed by atoms with Crippen molar-refractivity contribution in [3.8, 4) is 0 Å². The van der Waals surface area contributed by atoms with E-state index < -0.39 is 28.9 Å². The number of carbonyl (C=O) groups excluding carboxylic acids is 1. The van der Waals surface area contributed by atoms with Crippen molar-refractivity contribution >= 4 is 17.6 Å². The lowest BCUT2D eigenvalue weighted by Gasteiger charge is -2.11. The lowest BCUT2D eigenvalue weighted by Crippen LogP contribution is -2.19. The van der Waals surface area contributed by atoms with Crippen molar-refractivity contribution in [3.05, 3.63) is 35.1 Å². The third-order valence-corrected chi connectivity index (χ3v) is 2.54. The van der Waals surface area contributed by atoms with Crippen LogP contribution in [0.3, 0.4) is 0 Å². The molecular formula is C11H9ClF4O2. The molecule has 100 valence electrons. The van der Waals surface area contributed by atoms with Crippen LogP contribution < -0.4 is 0 Å². The molecule has 18 heavy (non-hydrogen) atoms. The lowest BCUT2D eigenvalue weighted by atomic mass is 10.1. The summed E-state index contributed by atoms with van der Waals surface area (Å²) in [5.74, 6) is -2.12. The van der Waals surface area contributed by atoms with E-state index in [0.717, 1.165) is 13.2 Å². The number of esters is 1. The van der Waals surface area contributed by atoms with Crippen LogP contribution in [-0.4, -0.2) is 18.5 Å². The van der Waals surface area contributed by atoms with Crippen LogP contribution in [0.4, 0.5) is 17.6 Å². The summed E-state index contributed by atoms with van der Waals surface area (Å²) in [5, 5.41) is -1.11. The van der Waals surface area contributed by atoms with Gasteiger partial charge in [-0.05, 0) is 24.1 Å². The molecule has 1 atom stereocenters. The molecule has 0 bridgehead atoms. The van der Waals surface area contributed by atoms with Gasteiger partial charge in [-0.25, -0.2) is 4.39 Å². The standard InChI is InChI=1S/C11H9ClF4O2/c1-18-10(17)8(12)5-6-2-3-9(13)7(4-6)11(14,15)16/h2-4,8H,5H2,1H3. The molecule has 0 aliphatic heterocycles. The Bertz CT molecular complexity index is 445. The summed E-state index contributed by atoms with van der Waals surface area (Å²) in [6.07, 6.45) is -4.95. The quantitative estimate of drug-likeness (QED) is 0.484. The first-order valence-electron chi connectivity index (χ1n) is 4.83. The highest BCUT2D eigenvalue weighted by molar-refractivity contribution is 6.30. The first-order chi connectivity index (χ1) is 8.25. The molecule has 0 saturated heterocycles. The normalized spacial score (nSPS) is 13.2. The van der Waals surface area contributed by atoms with E-state index in [-0.39, 0.29) is 12.0 Å². The summed E-state index contributed by atoms with van der Waals surface area (Å²) >= 11 is 5.62. The number of rotatable bonds is 3. The van der Waals surface area contributed by atoms with Gasteiger partial charge in [0.15, 0.2) is 0 Å². The maximum Gasteiger partial charge on any atom is 0.419 e. The van der Waals surface area contributed by atoms with E-state index in [1.165, 1.54) is 0 Å². The van der Waals surface area contributed by atoms with Crippen LogP contribution >= 0.6 is 11.6 Å². The number of benzene rings is 1. The molecular weight excluding hydrogens is 276 g/mol. The van der Waals surface area contributed by atoms with Gasteiger partial charge in [-0.1, -0.05) is 6.07 Å². The highest BCUT2D eigenvalue weighted by Gasteiger charge is 2.34. The first kappa shape index (κ1) is 14.8. The fraction of sp³-hybridized carbons (Fsp3) is 0.364. The first-order valence-corrected chi connectivity index (χ1v) is 5.27. The highest BCUT2D eigenvalue weighted by Crippen LogP contribution is 2.32. The van der Waals surface area contributed by atoms with Crippen LogP contribution in [0.25, 0.3) is 0 Å². The van der Waals surface area contributed by atoms with Gasteiger partial charge >= 0.3 is 12.1 Å². The Kier molecular flexibility index (Phi) is 4.56. The maximum absolute atomic E-state index is 13.0. The Labute approximate surface area is 105 Å². The molecule has 0 saturated carbocycles. The van der Waals surface area contributed by atoms with E-state index in [2.05, 4.69) is 4.74 Å². The molecule has 1 aromatic carbocycles. The average Bonchev–Trinajstić information content (AvgIpc) is 2.29. The third kappa shape index (κ3) is 3.60. The Hall–Kier alpha value is -1.30. The highest BCUT2D eigenvalue weighted by atomic mass is 35.5. The second kappa shape index (κ2) is 5.56. The van der Waals surface area contributed by atoms with E-state index in [9.17, 15) is 22.4 Å². The fourth-order valence-electron chi connectivity index (χ4n) is 1.33. The summed E-state index contributed by atoms with van der Waals surface area (Å²) in [5.41, 5.74) is -1.28. The number of methoxy groups -OCH3 is 1. The number of ether oxygens (including phenoxy) is 1. The molecule has 0 aliphatic carbocycles. The molecule has 0 radical (unpaired) electrons. The maximum atomic E-state index is 13.0. The van der Waals surface area contributed by atoms with Crippen LogP contribution in [0.1, 0.15) is 11.1 Å². The van der Waals surface area contributed by atoms with Crippen molar-refractivity contribution in [3.63, 3.8) is 0 Å². The molecule has 0 heterocycles. The van der Waals surface area contributed by atoms with Crippen LogP contribution in [-0.2, 0) is 22.1 Å². The van der Waals surface area contributed by atoms with E-state index in [1.54, 1.807) is 0 Å². The molecule has 0 fully saturated rings. The van der Waals surface area contributed by atoms with Gasteiger partial charge in [0.1, 0.15) is 11.2 Å². The van der Waals surface area contributed by atoms with Gasteiger partial charge in [0.2, 0.25) is 0 Å². The van der Waals surface area contributed by atoms with Crippen molar-refractivity contribution < 1.29 is 27.1 Å². The number of hydrogen-bond donors (Lipinski definition) is 0. The lowest BCUT2D eigenvalue weighted by molar-refractivity contribution is -0.140. The van der Waals surface area contributed by atoms with Crippen LogP contribution in [0.5, 0.6) is 0 Å². The minimum Gasteiger partial charge on any atom is -0.468 e. The van der Waals surface area contributed by atoms with Crippen LogP contribution in [0, 0.1) is 5.82 Å². The minimum atomic E-state index is -4.78. The number of halogens is 5. The van der Waals surface area contributed by atoms with E-state index in [0.29, 0.717) is 12.1 Å². The van der Waals surface area contributed by atoms with Crippen LogP contribution in [0.2, 0.25) is 0 Å². The molecule has 0 spiro atoms. The SMILES string of the molecule is COC(=O)C(Cl)Cc1ccc(F)c(C(F)(F)F)c1. The van der Waals surface area contributed by atoms with Crippen molar-refractivity contribution in [2.45, 2.75) is 18.0 Å². The molecule has 0 amide bonds. The van der Waals surface area contributed by atoms with Gasteiger partial charge in [-0.15, -0.1) is 11.6 Å². The Morgan fingerprint density at radius 3 is 2.56 bits per heavy atom. The Morgan fingerprint density at radius 2 is 2.06 bits per heavy atom. The molecule has 1 aromatic rings. The van der Waals surface area contributed by atoms with Gasteiger partial charge in [0.25, 0.3) is 0 Å². The molecule has 1 unspecified atom stereocenters. The zero-order chi connectivity index (χ0) is 13.9. The molecule has 0 N–H and O–H groups in total. The van der Waals surface area contributed by atoms with E-state index in [4.69, 9.17) is 11.6 Å². The Balaban J connectivity index is 2.96. The summed E-state index contributed by atoms with van der Waals surface area (Å²) in [4.78, 5) is 11.0. The van der Waals surface area contributed by atoms with E-state index in [1.807, 2.05) is 0 Å². The van der Waals surface area contributed by atoms with Gasteiger partial charge in [-0.2, -0.15) is 13.2 Å². The summed E-state index contributed by atoms with van der Waals surface area (Å²) in [6.45, 7) is 0. The minimum absolute atomic E-state index is 0.106. The van der Waals surface area contributed by atoms with Gasteiger partial charge in [0.05, 0.1) is 12.7 Å². The smallest absolute Gasteiger partial charge is 0.419 e. The number of alkyl halides is 4.